The number of benzene rings is 2. The lowest BCUT2D eigenvalue weighted by Gasteiger charge is -2.38. The third-order valence-electron chi connectivity index (χ3n) is 4.74. The highest BCUT2D eigenvalue weighted by Crippen LogP contribution is 2.20. The number of hydrogen-bond donors (Lipinski definition) is 1. The minimum atomic E-state index is -0.115. The van der Waals surface area contributed by atoms with E-state index in [1.165, 1.54) is 5.69 Å². The maximum absolute atomic E-state index is 12.4. The van der Waals surface area contributed by atoms with E-state index in [2.05, 4.69) is 15.1 Å². The SMILES string of the molecule is C[C@H](C(=O)NCc1ccccc1)N1CCN(c2ccc(Cl)cc2)CC1. The van der Waals surface area contributed by atoms with Gasteiger partial charge >= 0.3 is 0 Å². The lowest BCUT2D eigenvalue weighted by Crippen LogP contribution is -2.53. The van der Waals surface area contributed by atoms with Crippen LogP contribution < -0.4 is 10.2 Å². The molecule has 1 N–H and O–H groups in total. The summed E-state index contributed by atoms with van der Waals surface area (Å²) in [6.07, 6.45) is 0. The monoisotopic (exact) mass is 357 g/mol. The van der Waals surface area contributed by atoms with Gasteiger partial charge in [-0.25, -0.2) is 0 Å². The van der Waals surface area contributed by atoms with E-state index in [0.717, 1.165) is 36.8 Å². The van der Waals surface area contributed by atoms with Crippen LogP contribution in [0.2, 0.25) is 5.02 Å². The molecule has 1 heterocycles. The number of anilines is 1. The van der Waals surface area contributed by atoms with Crippen LogP contribution in [0.1, 0.15) is 12.5 Å². The molecule has 0 radical (unpaired) electrons. The van der Waals surface area contributed by atoms with E-state index >= 15 is 0 Å². The van der Waals surface area contributed by atoms with E-state index in [1.54, 1.807) is 0 Å². The van der Waals surface area contributed by atoms with Gasteiger partial charge in [-0.15, -0.1) is 0 Å². The standard InChI is InChI=1S/C20H24ClN3O/c1-16(20(25)22-15-17-5-3-2-4-6-17)23-11-13-24(14-12-23)19-9-7-18(21)8-10-19/h2-10,16H,11-15H2,1H3,(H,22,25)/t16-/m1/s1. The van der Waals surface area contributed by atoms with Gasteiger partial charge in [-0.3, -0.25) is 9.69 Å². The van der Waals surface area contributed by atoms with Gasteiger partial charge in [0.15, 0.2) is 0 Å². The van der Waals surface area contributed by atoms with E-state index in [-0.39, 0.29) is 11.9 Å². The zero-order valence-corrected chi connectivity index (χ0v) is 15.2. The van der Waals surface area contributed by atoms with Crippen LogP contribution in [0.5, 0.6) is 0 Å². The number of piperazine rings is 1. The fourth-order valence-corrected chi connectivity index (χ4v) is 3.24. The first-order valence-corrected chi connectivity index (χ1v) is 9.07. The van der Waals surface area contributed by atoms with E-state index < -0.39 is 0 Å². The molecule has 0 unspecified atom stereocenters. The van der Waals surface area contributed by atoms with Crippen molar-refractivity contribution < 1.29 is 4.79 Å². The highest BCUT2D eigenvalue weighted by Gasteiger charge is 2.25. The number of rotatable bonds is 5. The van der Waals surface area contributed by atoms with Crippen LogP contribution in [-0.4, -0.2) is 43.0 Å². The number of amides is 1. The van der Waals surface area contributed by atoms with Crippen LogP contribution >= 0.6 is 11.6 Å². The van der Waals surface area contributed by atoms with Crippen molar-refractivity contribution in [3.8, 4) is 0 Å². The average molecular weight is 358 g/mol. The number of nitrogens with zero attached hydrogens (tertiary/aromatic N) is 2. The molecule has 0 saturated carbocycles. The molecular weight excluding hydrogens is 334 g/mol. The van der Waals surface area contributed by atoms with Crippen LogP contribution in [0.4, 0.5) is 5.69 Å². The molecule has 0 spiro atoms. The van der Waals surface area contributed by atoms with Crippen molar-refractivity contribution in [2.75, 3.05) is 31.1 Å². The molecule has 2 aromatic carbocycles. The molecule has 1 atom stereocenters. The summed E-state index contributed by atoms with van der Waals surface area (Å²) in [4.78, 5) is 17.0. The van der Waals surface area contributed by atoms with Crippen molar-refractivity contribution in [2.24, 2.45) is 0 Å². The third kappa shape index (κ3) is 4.74. The maximum Gasteiger partial charge on any atom is 0.237 e. The average Bonchev–Trinajstić information content (AvgIpc) is 2.67. The summed E-state index contributed by atoms with van der Waals surface area (Å²) in [7, 11) is 0. The van der Waals surface area contributed by atoms with E-state index in [1.807, 2.05) is 61.5 Å². The van der Waals surface area contributed by atoms with Gasteiger partial charge in [0.05, 0.1) is 6.04 Å². The molecular formula is C20H24ClN3O. The largest absolute Gasteiger partial charge is 0.369 e. The molecule has 0 aromatic heterocycles. The Balaban J connectivity index is 1.48. The van der Waals surface area contributed by atoms with Gasteiger partial charge in [0, 0.05) is 43.4 Å². The van der Waals surface area contributed by atoms with Gasteiger partial charge in [-0.1, -0.05) is 41.9 Å². The summed E-state index contributed by atoms with van der Waals surface area (Å²) in [6.45, 7) is 6.15. The molecule has 1 aliphatic heterocycles. The van der Waals surface area contributed by atoms with Gasteiger partial charge in [0.1, 0.15) is 0 Å². The molecule has 3 rings (SSSR count). The maximum atomic E-state index is 12.4. The van der Waals surface area contributed by atoms with E-state index in [4.69, 9.17) is 11.6 Å². The van der Waals surface area contributed by atoms with E-state index in [0.29, 0.717) is 6.54 Å². The molecule has 132 valence electrons. The van der Waals surface area contributed by atoms with Gasteiger partial charge in [-0.05, 0) is 36.8 Å². The Morgan fingerprint density at radius 2 is 1.68 bits per heavy atom. The van der Waals surface area contributed by atoms with Gasteiger partial charge < -0.3 is 10.2 Å². The minimum absolute atomic E-state index is 0.0868. The Kier molecular flexibility index (Phi) is 5.95. The Bertz CT molecular complexity index is 682. The second-order valence-electron chi connectivity index (χ2n) is 6.38. The Hall–Kier alpha value is -2.04. The smallest absolute Gasteiger partial charge is 0.237 e. The summed E-state index contributed by atoms with van der Waals surface area (Å²) in [5.74, 6) is 0.0868. The fourth-order valence-electron chi connectivity index (χ4n) is 3.12. The van der Waals surface area contributed by atoms with Crippen LogP contribution in [-0.2, 0) is 11.3 Å². The highest BCUT2D eigenvalue weighted by molar-refractivity contribution is 6.30. The van der Waals surface area contributed by atoms with Gasteiger partial charge in [-0.2, -0.15) is 0 Å². The summed E-state index contributed by atoms with van der Waals surface area (Å²) in [5, 5.41) is 3.79. The summed E-state index contributed by atoms with van der Waals surface area (Å²) in [6, 6.07) is 17.8. The second-order valence-corrected chi connectivity index (χ2v) is 6.82. The molecule has 1 fully saturated rings. The van der Waals surface area contributed by atoms with Crippen LogP contribution in [0.25, 0.3) is 0 Å². The third-order valence-corrected chi connectivity index (χ3v) is 4.99. The number of nitrogens with one attached hydrogen (secondary N) is 1. The summed E-state index contributed by atoms with van der Waals surface area (Å²) in [5.41, 5.74) is 2.31. The molecule has 1 aliphatic rings. The molecule has 4 nitrogen and oxygen atoms in total. The summed E-state index contributed by atoms with van der Waals surface area (Å²) < 4.78 is 0. The van der Waals surface area contributed by atoms with E-state index in [9.17, 15) is 4.79 Å². The van der Waals surface area contributed by atoms with Crippen molar-refractivity contribution in [3.05, 3.63) is 65.2 Å². The number of carbonyl (C=O) groups is 1. The van der Waals surface area contributed by atoms with Crippen molar-refractivity contribution in [1.29, 1.82) is 0 Å². The predicted molar refractivity (Wildman–Crippen MR) is 103 cm³/mol. The molecule has 0 bridgehead atoms. The van der Waals surface area contributed by atoms with Crippen molar-refractivity contribution >= 4 is 23.2 Å². The lowest BCUT2D eigenvalue weighted by molar-refractivity contribution is -0.126. The zero-order chi connectivity index (χ0) is 17.6. The predicted octanol–water partition coefficient (Wildman–Crippen LogP) is 3.17. The quantitative estimate of drug-likeness (QED) is 0.892. The lowest BCUT2D eigenvalue weighted by atomic mass is 10.2. The molecule has 0 aliphatic carbocycles. The molecule has 1 amide bonds. The van der Waals surface area contributed by atoms with Gasteiger partial charge in [0.25, 0.3) is 0 Å². The second kappa shape index (κ2) is 8.37. The molecule has 1 saturated heterocycles. The molecule has 5 heteroatoms. The first kappa shape index (κ1) is 17.8. The summed E-state index contributed by atoms with van der Waals surface area (Å²) >= 11 is 5.95. The minimum Gasteiger partial charge on any atom is -0.369 e. The zero-order valence-electron chi connectivity index (χ0n) is 14.5. The number of halogens is 1. The van der Waals surface area contributed by atoms with Gasteiger partial charge in [0.2, 0.25) is 5.91 Å². The first-order chi connectivity index (χ1) is 12.1. The normalized spacial score (nSPS) is 16.5. The Labute approximate surface area is 154 Å². The molecule has 25 heavy (non-hydrogen) atoms. The molecule has 2 aromatic rings. The van der Waals surface area contributed by atoms with Crippen LogP contribution in [0.3, 0.4) is 0 Å². The van der Waals surface area contributed by atoms with Crippen molar-refractivity contribution in [1.82, 2.24) is 10.2 Å². The van der Waals surface area contributed by atoms with Crippen molar-refractivity contribution in [2.45, 2.75) is 19.5 Å². The Morgan fingerprint density at radius 1 is 1.04 bits per heavy atom. The van der Waals surface area contributed by atoms with Crippen molar-refractivity contribution in [3.63, 3.8) is 0 Å². The van der Waals surface area contributed by atoms with Crippen LogP contribution in [0.15, 0.2) is 54.6 Å². The Morgan fingerprint density at radius 3 is 2.32 bits per heavy atom. The van der Waals surface area contributed by atoms with Crippen LogP contribution in [0, 0.1) is 0 Å². The highest BCUT2D eigenvalue weighted by atomic mass is 35.5. The first-order valence-electron chi connectivity index (χ1n) is 8.70. The fraction of sp³-hybridized carbons (Fsp3) is 0.350. The topological polar surface area (TPSA) is 35.6 Å². The number of carbonyl (C=O) groups excluding carboxylic acids is 1. The number of hydrogen-bond acceptors (Lipinski definition) is 3.